The molecule has 0 aliphatic carbocycles. The first-order valence-electron chi connectivity index (χ1n) is 3.74. The molecule has 0 radical (unpaired) electrons. The number of amides is 1. The van der Waals surface area contributed by atoms with Crippen LogP contribution in [0.2, 0.25) is 0 Å². The molecule has 3 nitrogen and oxygen atoms in total. The van der Waals surface area contributed by atoms with E-state index < -0.39 is 0 Å². The van der Waals surface area contributed by atoms with Gasteiger partial charge in [0.05, 0.1) is 6.54 Å². The molecule has 0 fully saturated rings. The number of nitrogens with two attached hydrogens (primary N) is 1. The number of nitrogens with one attached hydrogen (secondary N) is 1. The van der Waals surface area contributed by atoms with Crippen LogP contribution in [0.15, 0.2) is 0 Å². The molecule has 0 aromatic rings. The van der Waals surface area contributed by atoms with E-state index in [0.717, 1.165) is 12.8 Å². The van der Waals surface area contributed by atoms with E-state index in [1.807, 2.05) is 13.8 Å². The summed E-state index contributed by atoms with van der Waals surface area (Å²) < 4.78 is 0. The van der Waals surface area contributed by atoms with Gasteiger partial charge in [0.2, 0.25) is 5.91 Å². The minimum atomic E-state index is -0.0614. The van der Waals surface area contributed by atoms with E-state index in [1.165, 1.54) is 0 Å². The van der Waals surface area contributed by atoms with Gasteiger partial charge < -0.3 is 11.1 Å². The van der Waals surface area contributed by atoms with Crippen molar-refractivity contribution in [1.82, 2.24) is 5.32 Å². The van der Waals surface area contributed by atoms with Crippen molar-refractivity contribution >= 4 is 5.91 Å². The number of carbonyl (C=O) groups excluding carboxylic acids is 1. The molecule has 0 unspecified atom stereocenters. The zero-order valence-electron chi connectivity index (χ0n) is 6.68. The first-order chi connectivity index (χ1) is 4.74. The van der Waals surface area contributed by atoms with Gasteiger partial charge in [0.25, 0.3) is 0 Å². The van der Waals surface area contributed by atoms with Crippen molar-refractivity contribution in [3.05, 3.63) is 0 Å². The van der Waals surface area contributed by atoms with E-state index in [1.54, 1.807) is 0 Å². The average molecular weight is 144 g/mol. The van der Waals surface area contributed by atoms with Crippen molar-refractivity contribution < 1.29 is 4.79 Å². The van der Waals surface area contributed by atoms with E-state index in [0.29, 0.717) is 6.04 Å². The number of rotatable bonds is 4. The van der Waals surface area contributed by atoms with Crippen LogP contribution in [-0.4, -0.2) is 18.5 Å². The second kappa shape index (κ2) is 5.23. The highest BCUT2D eigenvalue weighted by Gasteiger charge is 2.04. The van der Waals surface area contributed by atoms with E-state index >= 15 is 0 Å². The van der Waals surface area contributed by atoms with Gasteiger partial charge in [-0.25, -0.2) is 0 Å². The minimum Gasteiger partial charge on any atom is -0.352 e. The molecule has 10 heavy (non-hydrogen) atoms. The highest BCUT2D eigenvalue weighted by molar-refractivity contribution is 5.77. The Morgan fingerprint density at radius 2 is 2.00 bits per heavy atom. The van der Waals surface area contributed by atoms with Crippen LogP contribution in [0.25, 0.3) is 0 Å². The number of hydrogen-bond donors (Lipinski definition) is 2. The zero-order chi connectivity index (χ0) is 7.98. The summed E-state index contributed by atoms with van der Waals surface area (Å²) in [5.74, 6) is -0.0614. The van der Waals surface area contributed by atoms with Gasteiger partial charge in [-0.15, -0.1) is 0 Å². The van der Waals surface area contributed by atoms with Crippen molar-refractivity contribution in [3.8, 4) is 0 Å². The van der Waals surface area contributed by atoms with Gasteiger partial charge in [0.15, 0.2) is 0 Å². The van der Waals surface area contributed by atoms with Crippen LogP contribution in [0.3, 0.4) is 0 Å². The topological polar surface area (TPSA) is 55.1 Å². The third-order valence-corrected chi connectivity index (χ3v) is 1.54. The molecule has 0 saturated heterocycles. The molecule has 0 rings (SSSR count). The Labute approximate surface area is 62.0 Å². The molecule has 0 aromatic carbocycles. The van der Waals surface area contributed by atoms with Gasteiger partial charge >= 0.3 is 0 Å². The van der Waals surface area contributed by atoms with Crippen molar-refractivity contribution in [3.63, 3.8) is 0 Å². The highest BCUT2D eigenvalue weighted by Crippen LogP contribution is 1.94. The largest absolute Gasteiger partial charge is 0.352 e. The lowest BCUT2D eigenvalue weighted by Crippen LogP contribution is -2.37. The predicted octanol–water partition coefficient (Wildman–Crippen LogP) is 0.250. The van der Waals surface area contributed by atoms with Crippen LogP contribution in [0.5, 0.6) is 0 Å². The SMILES string of the molecule is CCC(CC)NC(=O)CN. The third-order valence-electron chi connectivity index (χ3n) is 1.54. The molecule has 0 heterocycles. The molecule has 60 valence electrons. The summed E-state index contributed by atoms with van der Waals surface area (Å²) in [5.41, 5.74) is 5.12. The lowest BCUT2D eigenvalue weighted by Gasteiger charge is -2.13. The first-order valence-corrected chi connectivity index (χ1v) is 3.74. The molecule has 0 spiro atoms. The molecular formula is C7H16N2O. The van der Waals surface area contributed by atoms with Gasteiger partial charge in [-0.3, -0.25) is 4.79 Å². The standard InChI is InChI=1S/C7H16N2O/c1-3-6(4-2)9-7(10)5-8/h6H,3-5,8H2,1-2H3,(H,9,10). The maximum absolute atomic E-state index is 10.7. The summed E-state index contributed by atoms with van der Waals surface area (Å²) in [7, 11) is 0. The molecule has 0 aliphatic heterocycles. The molecule has 3 N–H and O–H groups in total. The van der Waals surface area contributed by atoms with Crippen LogP contribution >= 0.6 is 0 Å². The minimum absolute atomic E-state index is 0.0614. The van der Waals surface area contributed by atoms with Gasteiger partial charge in [0, 0.05) is 6.04 Å². The Hall–Kier alpha value is -0.570. The number of carbonyl (C=O) groups is 1. The van der Waals surface area contributed by atoms with Crippen molar-refractivity contribution in [2.24, 2.45) is 5.73 Å². The third kappa shape index (κ3) is 3.45. The Morgan fingerprint density at radius 3 is 2.30 bits per heavy atom. The molecule has 1 amide bonds. The summed E-state index contributed by atoms with van der Waals surface area (Å²) in [6.45, 7) is 4.19. The van der Waals surface area contributed by atoms with Gasteiger partial charge in [0.1, 0.15) is 0 Å². The quantitative estimate of drug-likeness (QED) is 0.594. The van der Waals surface area contributed by atoms with Crippen LogP contribution in [0.4, 0.5) is 0 Å². The molecule has 0 aromatic heterocycles. The van der Waals surface area contributed by atoms with E-state index in [9.17, 15) is 4.79 Å². The number of hydrogen-bond acceptors (Lipinski definition) is 2. The summed E-state index contributed by atoms with van der Waals surface area (Å²) in [6, 6.07) is 0.302. The molecule has 0 bridgehead atoms. The Morgan fingerprint density at radius 1 is 1.50 bits per heavy atom. The van der Waals surface area contributed by atoms with E-state index in [-0.39, 0.29) is 12.5 Å². The predicted molar refractivity (Wildman–Crippen MR) is 41.6 cm³/mol. The van der Waals surface area contributed by atoms with Gasteiger partial charge in [-0.1, -0.05) is 13.8 Å². The lowest BCUT2D eigenvalue weighted by molar-refractivity contribution is -0.120. The molecule has 0 atom stereocenters. The second-order valence-electron chi connectivity index (χ2n) is 2.29. The maximum atomic E-state index is 10.7. The normalized spacial score (nSPS) is 10.0. The molecule has 0 saturated carbocycles. The van der Waals surface area contributed by atoms with Crippen molar-refractivity contribution in [1.29, 1.82) is 0 Å². The van der Waals surface area contributed by atoms with Crippen molar-refractivity contribution in [2.45, 2.75) is 32.7 Å². The van der Waals surface area contributed by atoms with E-state index in [4.69, 9.17) is 5.73 Å². The second-order valence-corrected chi connectivity index (χ2v) is 2.29. The summed E-state index contributed by atoms with van der Waals surface area (Å²) in [4.78, 5) is 10.7. The van der Waals surface area contributed by atoms with Crippen LogP contribution in [0.1, 0.15) is 26.7 Å². The van der Waals surface area contributed by atoms with Crippen LogP contribution < -0.4 is 11.1 Å². The van der Waals surface area contributed by atoms with Crippen molar-refractivity contribution in [2.75, 3.05) is 6.54 Å². The Bertz CT molecular complexity index is 99.8. The molecular weight excluding hydrogens is 128 g/mol. The monoisotopic (exact) mass is 144 g/mol. The lowest BCUT2D eigenvalue weighted by atomic mass is 10.2. The maximum Gasteiger partial charge on any atom is 0.233 e. The smallest absolute Gasteiger partial charge is 0.233 e. The van der Waals surface area contributed by atoms with Gasteiger partial charge in [-0.05, 0) is 12.8 Å². The molecule has 3 heteroatoms. The average Bonchev–Trinajstić information content (AvgIpc) is 1.99. The fourth-order valence-electron chi connectivity index (χ4n) is 0.779. The van der Waals surface area contributed by atoms with Crippen LogP contribution in [0, 0.1) is 0 Å². The fraction of sp³-hybridized carbons (Fsp3) is 0.857. The van der Waals surface area contributed by atoms with Crippen LogP contribution in [-0.2, 0) is 4.79 Å². The summed E-state index contributed by atoms with van der Waals surface area (Å²) in [6.07, 6.45) is 1.95. The fourth-order valence-corrected chi connectivity index (χ4v) is 0.779. The summed E-state index contributed by atoms with van der Waals surface area (Å²) >= 11 is 0. The molecule has 0 aliphatic rings. The first kappa shape index (κ1) is 9.43. The van der Waals surface area contributed by atoms with E-state index in [2.05, 4.69) is 5.32 Å². The zero-order valence-corrected chi connectivity index (χ0v) is 6.68. The Kier molecular flexibility index (Phi) is 4.94. The van der Waals surface area contributed by atoms with Gasteiger partial charge in [-0.2, -0.15) is 0 Å². The highest BCUT2D eigenvalue weighted by atomic mass is 16.1. The summed E-state index contributed by atoms with van der Waals surface area (Å²) in [5, 5.41) is 2.80. The Balaban J connectivity index is 3.52.